The van der Waals surface area contributed by atoms with Crippen molar-refractivity contribution in [2.45, 2.75) is 31.8 Å². The van der Waals surface area contributed by atoms with Crippen molar-refractivity contribution in [2.24, 2.45) is 0 Å². The molecule has 2 atom stereocenters. The molecule has 2 aliphatic heterocycles. The number of oxazole rings is 1. The Hall–Kier alpha value is -3.46. The number of aryl methyl sites for hydroxylation is 1. The third kappa shape index (κ3) is 2.60. The van der Waals surface area contributed by atoms with E-state index in [1.54, 1.807) is 12.4 Å². The van der Waals surface area contributed by atoms with E-state index < -0.39 is 0 Å². The topological polar surface area (TPSA) is 88.5 Å². The van der Waals surface area contributed by atoms with Crippen LogP contribution >= 0.6 is 11.6 Å². The van der Waals surface area contributed by atoms with E-state index in [1.807, 2.05) is 16.5 Å². The molecule has 9 nitrogen and oxygen atoms in total. The predicted octanol–water partition coefficient (Wildman–Crippen LogP) is 3.63. The van der Waals surface area contributed by atoms with Gasteiger partial charge in [0.15, 0.2) is 11.4 Å². The Morgan fingerprint density at radius 1 is 1.03 bits per heavy atom. The van der Waals surface area contributed by atoms with Gasteiger partial charge in [-0.3, -0.25) is 4.40 Å². The van der Waals surface area contributed by atoms with Crippen molar-refractivity contribution in [1.29, 1.82) is 0 Å². The molecule has 0 amide bonds. The van der Waals surface area contributed by atoms with Gasteiger partial charge in [-0.05, 0) is 49.6 Å². The van der Waals surface area contributed by atoms with Crippen molar-refractivity contribution in [1.82, 2.24) is 29.5 Å². The summed E-state index contributed by atoms with van der Waals surface area (Å²) in [6.07, 6.45) is 3.82. The summed E-state index contributed by atoms with van der Waals surface area (Å²) in [5.41, 5.74) is 4.57. The highest BCUT2D eigenvalue weighted by Gasteiger charge is 2.43. The number of pyridine rings is 1. The summed E-state index contributed by atoms with van der Waals surface area (Å²) >= 11 is 6.25. The summed E-state index contributed by atoms with van der Waals surface area (Å²) in [7, 11) is 0. The van der Waals surface area contributed by atoms with E-state index in [-0.39, 0.29) is 12.1 Å². The highest BCUT2D eigenvalue weighted by Crippen LogP contribution is 2.38. The zero-order chi connectivity index (χ0) is 21.4. The van der Waals surface area contributed by atoms with Gasteiger partial charge in [-0.15, -0.1) is 10.2 Å². The molecular weight excluding hydrogens is 428 g/mol. The van der Waals surface area contributed by atoms with Crippen LogP contribution in [-0.4, -0.2) is 54.7 Å². The SMILES string of the molecule is Cc1ccc2oc(N3[C@@H]4CC[C@H]3CN(c3nc5nncn5c5ccc(Cl)nc35)C4)nc2c1. The molecule has 160 valence electrons. The minimum atomic E-state index is 0.285. The Morgan fingerprint density at radius 3 is 2.72 bits per heavy atom. The second-order valence-electron chi connectivity index (χ2n) is 8.60. The maximum Gasteiger partial charge on any atom is 0.299 e. The number of anilines is 2. The van der Waals surface area contributed by atoms with E-state index in [9.17, 15) is 0 Å². The predicted molar refractivity (Wildman–Crippen MR) is 121 cm³/mol. The lowest BCUT2D eigenvalue weighted by molar-refractivity contribution is 0.473. The smallest absolute Gasteiger partial charge is 0.299 e. The fraction of sp³-hybridized carbons (Fsp3) is 0.318. The van der Waals surface area contributed by atoms with Crippen LogP contribution in [0.5, 0.6) is 0 Å². The molecule has 4 aromatic heterocycles. The average Bonchev–Trinajstić information content (AvgIpc) is 3.48. The molecule has 1 aromatic carbocycles. The molecule has 5 aromatic rings. The maximum absolute atomic E-state index is 6.25. The summed E-state index contributed by atoms with van der Waals surface area (Å²) in [4.78, 5) is 18.9. The summed E-state index contributed by atoms with van der Waals surface area (Å²) in [6.45, 7) is 3.67. The van der Waals surface area contributed by atoms with Crippen LogP contribution in [0, 0.1) is 6.92 Å². The number of hydrogen-bond donors (Lipinski definition) is 0. The van der Waals surface area contributed by atoms with Gasteiger partial charge in [0.05, 0.1) is 17.6 Å². The first-order valence-electron chi connectivity index (χ1n) is 10.7. The number of halogens is 1. The molecule has 6 heterocycles. The number of aromatic nitrogens is 6. The third-order valence-electron chi connectivity index (χ3n) is 6.58. The normalized spacial score (nSPS) is 20.8. The quantitative estimate of drug-likeness (QED) is 0.380. The molecular formula is C22H19ClN8O. The molecule has 0 unspecified atom stereocenters. The lowest BCUT2D eigenvalue weighted by atomic mass is 10.2. The summed E-state index contributed by atoms with van der Waals surface area (Å²) in [5.74, 6) is 1.36. The molecule has 2 aliphatic rings. The van der Waals surface area contributed by atoms with E-state index in [2.05, 4.69) is 44.0 Å². The van der Waals surface area contributed by atoms with Crippen LogP contribution in [0.4, 0.5) is 11.8 Å². The van der Waals surface area contributed by atoms with Gasteiger partial charge in [-0.2, -0.15) is 9.97 Å². The van der Waals surface area contributed by atoms with E-state index in [4.69, 9.17) is 26.0 Å². The Morgan fingerprint density at radius 2 is 1.88 bits per heavy atom. The lowest BCUT2D eigenvalue weighted by Crippen LogP contribution is -2.54. The monoisotopic (exact) mass is 446 g/mol. The Bertz CT molecular complexity index is 1500. The molecule has 0 saturated carbocycles. The summed E-state index contributed by atoms with van der Waals surface area (Å²) < 4.78 is 7.99. The third-order valence-corrected chi connectivity index (χ3v) is 6.79. The van der Waals surface area contributed by atoms with Gasteiger partial charge in [0.25, 0.3) is 11.8 Å². The van der Waals surface area contributed by atoms with Gasteiger partial charge in [0, 0.05) is 13.1 Å². The van der Waals surface area contributed by atoms with Crippen LogP contribution in [0.15, 0.2) is 41.1 Å². The zero-order valence-electron chi connectivity index (χ0n) is 17.3. The van der Waals surface area contributed by atoms with Crippen molar-refractivity contribution in [2.75, 3.05) is 22.9 Å². The number of piperazine rings is 1. The number of benzene rings is 1. The minimum absolute atomic E-state index is 0.285. The van der Waals surface area contributed by atoms with Gasteiger partial charge in [-0.1, -0.05) is 17.7 Å². The second-order valence-corrected chi connectivity index (χ2v) is 8.99. The van der Waals surface area contributed by atoms with Gasteiger partial charge in [-0.25, -0.2) is 4.98 Å². The van der Waals surface area contributed by atoms with Crippen LogP contribution in [0.3, 0.4) is 0 Å². The van der Waals surface area contributed by atoms with Crippen molar-refractivity contribution >= 4 is 51.3 Å². The molecule has 10 heteroatoms. The molecule has 32 heavy (non-hydrogen) atoms. The first-order valence-corrected chi connectivity index (χ1v) is 11.1. The van der Waals surface area contributed by atoms with Crippen molar-refractivity contribution in [3.8, 4) is 0 Å². The Balaban J connectivity index is 1.29. The fourth-order valence-corrected chi connectivity index (χ4v) is 5.30. The summed E-state index contributed by atoms with van der Waals surface area (Å²) in [6, 6.07) is 11.1. The zero-order valence-corrected chi connectivity index (χ0v) is 18.1. The van der Waals surface area contributed by atoms with Gasteiger partial charge >= 0.3 is 0 Å². The average molecular weight is 447 g/mol. The van der Waals surface area contributed by atoms with E-state index >= 15 is 0 Å². The summed E-state index contributed by atoms with van der Waals surface area (Å²) in [5, 5.41) is 8.64. The van der Waals surface area contributed by atoms with Gasteiger partial charge in [0.2, 0.25) is 0 Å². The van der Waals surface area contributed by atoms with E-state index in [0.29, 0.717) is 16.9 Å². The maximum atomic E-state index is 6.25. The molecule has 0 radical (unpaired) electrons. The molecule has 7 rings (SSSR count). The van der Waals surface area contributed by atoms with Crippen molar-refractivity contribution < 1.29 is 4.42 Å². The molecule has 0 spiro atoms. The van der Waals surface area contributed by atoms with Crippen LogP contribution in [0.1, 0.15) is 18.4 Å². The fourth-order valence-electron chi connectivity index (χ4n) is 5.15. The van der Waals surface area contributed by atoms with E-state index in [1.165, 1.54) is 5.56 Å². The first-order chi connectivity index (χ1) is 15.6. The number of nitrogens with zero attached hydrogens (tertiary/aromatic N) is 8. The second kappa shape index (κ2) is 6.52. The van der Waals surface area contributed by atoms with Crippen LogP contribution in [-0.2, 0) is 0 Å². The minimum Gasteiger partial charge on any atom is -0.423 e. The highest BCUT2D eigenvalue weighted by atomic mass is 35.5. The van der Waals surface area contributed by atoms with Crippen molar-refractivity contribution in [3.05, 3.63) is 47.4 Å². The number of fused-ring (bicyclic) bond motifs is 6. The first kappa shape index (κ1) is 18.1. The highest BCUT2D eigenvalue weighted by molar-refractivity contribution is 6.29. The Labute approximate surface area is 187 Å². The largest absolute Gasteiger partial charge is 0.423 e. The molecule has 0 aliphatic carbocycles. The number of hydrogen-bond acceptors (Lipinski definition) is 8. The molecule has 2 saturated heterocycles. The van der Waals surface area contributed by atoms with Crippen LogP contribution < -0.4 is 9.80 Å². The molecule has 2 fully saturated rings. The van der Waals surface area contributed by atoms with Gasteiger partial charge in [0.1, 0.15) is 22.5 Å². The lowest BCUT2D eigenvalue weighted by Gasteiger charge is -2.40. The Kier molecular flexibility index (Phi) is 3.70. The van der Waals surface area contributed by atoms with Gasteiger partial charge < -0.3 is 14.2 Å². The van der Waals surface area contributed by atoms with E-state index in [0.717, 1.165) is 53.9 Å². The molecule has 0 N–H and O–H groups in total. The van der Waals surface area contributed by atoms with Crippen LogP contribution in [0.25, 0.3) is 27.9 Å². The molecule has 2 bridgehead atoms. The van der Waals surface area contributed by atoms with Crippen LogP contribution in [0.2, 0.25) is 5.15 Å². The van der Waals surface area contributed by atoms with Crippen molar-refractivity contribution in [3.63, 3.8) is 0 Å². The number of rotatable bonds is 2. The standard InChI is InChI=1S/C22H19ClN8O/c1-12-2-6-17-15(8-12)25-22(32-17)31-13-3-4-14(31)10-29(9-13)20-19-16(5-7-18(23)26-19)30-11-24-28-21(30)27-20/h2,5-8,11,13-14H,3-4,9-10H2,1H3/t13-,14+.